The molecular weight excluding hydrogens is 312 g/mol. The molecule has 1 amide bonds. The number of hydrogen-bond acceptors (Lipinski definition) is 4. The second-order valence-corrected chi connectivity index (χ2v) is 7.23. The lowest BCUT2D eigenvalue weighted by atomic mass is 10.0. The highest BCUT2D eigenvalue weighted by molar-refractivity contribution is 7.20. The molecule has 3 heterocycles. The molecule has 1 spiro atoms. The Morgan fingerprint density at radius 1 is 1.55 bits per heavy atom. The van der Waals surface area contributed by atoms with Crippen LogP contribution in [0.25, 0.3) is 10.2 Å². The lowest BCUT2D eigenvalue weighted by Gasteiger charge is -2.14. The largest absolute Gasteiger partial charge is 0.391 e. The smallest absolute Gasteiger partial charge is 0.282 e. The normalized spacial score (nSPS) is 23.1. The summed E-state index contributed by atoms with van der Waals surface area (Å²) in [5.41, 5.74) is -0.393. The minimum atomic E-state index is -2.66. The average Bonchev–Trinajstić information content (AvgIpc) is 2.85. The lowest BCUT2D eigenvalue weighted by Crippen LogP contribution is -2.28. The molecule has 1 unspecified atom stereocenters. The van der Waals surface area contributed by atoms with Crippen LogP contribution in [-0.2, 0) is 7.05 Å². The van der Waals surface area contributed by atoms with E-state index in [1.54, 1.807) is 11.9 Å². The molecule has 1 N–H and O–H groups in total. The molecule has 2 aliphatic rings. The Kier molecular flexibility index (Phi) is 2.87. The van der Waals surface area contributed by atoms with E-state index in [0.717, 1.165) is 12.8 Å². The molecule has 1 saturated heterocycles. The summed E-state index contributed by atoms with van der Waals surface area (Å²) in [6.07, 6.45) is -1.23. The summed E-state index contributed by atoms with van der Waals surface area (Å²) in [6.45, 7) is 0.883. The van der Waals surface area contributed by atoms with Crippen LogP contribution in [0.2, 0.25) is 0 Å². The van der Waals surface area contributed by atoms with E-state index in [0.29, 0.717) is 28.2 Å². The van der Waals surface area contributed by atoms with Crippen molar-refractivity contribution in [1.29, 1.82) is 0 Å². The monoisotopic (exact) mass is 327 g/mol. The highest BCUT2D eigenvalue weighted by atomic mass is 32.1. The Hall–Kier alpha value is -1.54. The maximum absolute atomic E-state index is 13.0. The third-order valence-corrected chi connectivity index (χ3v) is 5.93. The van der Waals surface area contributed by atoms with E-state index in [1.807, 2.05) is 0 Å². The van der Waals surface area contributed by atoms with E-state index in [9.17, 15) is 18.7 Å². The predicted octanol–water partition coefficient (Wildman–Crippen LogP) is 2.17. The summed E-state index contributed by atoms with van der Waals surface area (Å²) in [5.74, 6) is -0.191. The number of rotatable bonds is 2. The Morgan fingerprint density at radius 2 is 2.27 bits per heavy atom. The van der Waals surface area contributed by atoms with Crippen LogP contribution < -0.4 is 0 Å². The maximum atomic E-state index is 13.0. The van der Waals surface area contributed by atoms with E-state index in [1.165, 1.54) is 22.1 Å². The van der Waals surface area contributed by atoms with Crippen LogP contribution in [0.3, 0.4) is 0 Å². The molecule has 4 rings (SSSR count). The molecule has 1 aliphatic heterocycles. The first-order chi connectivity index (χ1) is 10.4. The number of halogens is 2. The van der Waals surface area contributed by atoms with Gasteiger partial charge in [0.15, 0.2) is 0 Å². The van der Waals surface area contributed by atoms with Gasteiger partial charge < -0.3 is 10.0 Å². The van der Waals surface area contributed by atoms with Gasteiger partial charge in [-0.05, 0) is 18.9 Å². The number of fused-ring (bicyclic) bond motifs is 1. The minimum absolute atomic E-state index is 0.109. The van der Waals surface area contributed by atoms with Gasteiger partial charge in [0, 0.05) is 30.9 Å². The number of likely N-dealkylation sites (tertiary alicyclic amines) is 1. The van der Waals surface area contributed by atoms with Gasteiger partial charge in [-0.25, -0.2) is 8.78 Å². The number of aliphatic hydroxyl groups excluding tert-OH is 1. The molecule has 8 heteroatoms. The highest BCUT2D eigenvalue weighted by Crippen LogP contribution is 2.53. The summed E-state index contributed by atoms with van der Waals surface area (Å²) in [5, 5.41) is 14.2. The van der Waals surface area contributed by atoms with Gasteiger partial charge in [-0.3, -0.25) is 9.48 Å². The van der Waals surface area contributed by atoms with Gasteiger partial charge in [-0.2, -0.15) is 5.10 Å². The third-order valence-electron chi connectivity index (χ3n) is 4.74. The van der Waals surface area contributed by atoms with Crippen LogP contribution in [-0.4, -0.2) is 44.9 Å². The van der Waals surface area contributed by atoms with Crippen molar-refractivity contribution < 1.29 is 18.7 Å². The molecule has 1 saturated carbocycles. The molecule has 1 atom stereocenters. The summed E-state index contributed by atoms with van der Waals surface area (Å²) in [6, 6.07) is 1.50. The maximum Gasteiger partial charge on any atom is 0.282 e. The molecule has 2 fully saturated rings. The number of nitrogens with zero attached hydrogens (tertiary/aromatic N) is 3. The van der Waals surface area contributed by atoms with E-state index in [2.05, 4.69) is 5.10 Å². The molecule has 2 aromatic heterocycles. The fraction of sp³-hybridized carbons (Fsp3) is 0.571. The first-order valence-electron chi connectivity index (χ1n) is 7.13. The summed E-state index contributed by atoms with van der Waals surface area (Å²) >= 11 is 1.17. The zero-order chi connectivity index (χ0) is 15.6. The minimum Gasteiger partial charge on any atom is -0.391 e. The predicted molar refractivity (Wildman–Crippen MR) is 77.1 cm³/mol. The molecular formula is C14H15F2N3O2S. The van der Waals surface area contributed by atoms with E-state index in [4.69, 9.17) is 0 Å². The van der Waals surface area contributed by atoms with Gasteiger partial charge in [0.1, 0.15) is 10.5 Å². The highest BCUT2D eigenvalue weighted by Gasteiger charge is 2.55. The average molecular weight is 327 g/mol. The van der Waals surface area contributed by atoms with Crippen molar-refractivity contribution in [3.8, 4) is 0 Å². The standard InChI is InChI=1S/C14H15F2N3O2S/c1-18-13-7(10(17-18)11(15)16)4-8(22-13)12(21)19-5-9(20)14(6-19)2-3-14/h4,9,11,20H,2-3,5-6H2,1H3. The fourth-order valence-electron chi connectivity index (χ4n) is 3.25. The molecule has 118 valence electrons. The van der Waals surface area contributed by atoms with Crippen molar-refractivity contribution in [3.05, 3.63) is 16.6 Å². The first-order valence-corrected chi connectivity index (χ1v) is 7.95. The number of thiophene rings is 1. The number of aromatic nitrogens is 2. The Morgan fingerprint density at radius 3 is 2.86 bits per heavy atom. The number of carbonyl (C=O) groups is 1. The van der Waals surface area contributed by atoms with Crippen molar-refractivity contribution >= 4 is 27.5 Å². The second-order valence-electron chi connectivity index (χ2n) is 6.20. The van der Waals surface area contributed by atoms with E-state index < -0.39 is 12.5 Å². The topological polar surface area (TPSA) is 58.4 Å². The van der Waals surface area contributed by atoms with Crippen LogP contribution in [0.4, 0.5) is 8.78 Å². The number of hydrogen-bond donors (Lipinski definition) is 1. The number of aryl methyl sites for hydroxylation is 1. The lowest BCUT2D eigenvalue weighted by molar-refractivity contribution is 0.0769. The van der Waals surface area contributed by atoms with Gasteiger partial charge >= 0.3 is 0 Å². The van der Waals surface area contributed by atoms with Crippen LogP contribution >= 0.6 is 11.3 Å². The Labute approximate surface area is 129 Å². The Bertz CT molecular complexity index is 766. The molecule has 5 nitrogen and oxygen atoms in total. The van der Waals surface area contributed by atoms with Gasteiger partial charge in [-0.1, -0.05) is 0 Å². The zero-order valence-electron chi connectivity index (χ0n) is 11.9. The van der Waals surface area contributed by atoms with Gasteiger partial charge in [-0.15, -0.1) is 11.3 Å². The molecule has 2 aromatic rings. The van der Waals surface area contributed by atoms with Crippen LogP contribution in [0.5, 0.6) is 0 Å². The number of alkyl halides is 2. The zero-order valence-corrected chi connectivity index (χ0v) is 12.7. The van der Waals surface area contributed by atoms with Crippen molar-refractivity contribution in [3.63, 3.8) is 0 Å². The van der Waals surface area contributed by atoms with Gasteiger partial charge in [0.05, 0.1) is 11.0 Å². The van der Waals surface area contributed by atoms with Crippen molar-refractivity contribution in [2.45, 2.75) is 25.4 Å². The quantitative estimate of drug-likeness (QED) is 0.920. The second kappa shape index (κ2) is 4.48. The number of carbonyl (C=O) groups excluding carboxylic acids is 1. The summed E-state index contributed by atoms with van der Waals surface area (Å²) in [7, 11) is 1.60. The SMILES string of the molecule is Cn1nc(C(F)F)c2cc(C(=O)N3CC(O)C4(CC4)C3)sc21. The van der Waals surface area contributed by atoms with E-state index in [-0.39, 0.29) is 17.0 Å². The first kappa shape index (κ1) is 14.1. The molecule has 0 aromatic carbocycles. The van der Waals surface area contributed by atoms with Crippen molar-refractivity contribution in [1.82, 2.24) is 14.7 Å². The fourth-order valence-corrected chi connectivity index (χ4v) is 4.30. The number of amides is 1. The molecule has 1 aliphatic carbocycles. The van der Waals surface area contributed by atoms with Crippen molar-refractivity contribution in [2.24, 2.45) is 12.5 Å². The van der Waals surface area contributed by atoms with Crippen molar-refractivity contribution in [2.75, 3.05) is 13.1 Å². The van der Waals surface area contributed by atoms with Gasteiger partial charge in [0.2, 0.25) is 0 Å². The van der Waals surface area contributed by atoms with Crippen LogP contribution in [0, 0.1) is 5.41 Å². The molecule has 0 bridgehead atoms. The number of aliphatic hydroxyl groups is 1. The molecule has 22 heavy (non-hydrogen) atoms. The van der Waals surface area contributed by atoms with Gasteiger partial charge in [0.25, 0.3) is 12.3 Å². The third kappa shape index (κ3) is 1.90. The summed E-state index contributed by atoms with van der Waals surface area (Å²) in [4.78, 5) is 15.2. The van der Waals surface area contributed by atoms with Crippen LogP contribution in [0.15, 0.2) is 6.07 Å². The van der Waals surface area contributed by atoms with Crippen LogP contribution in [0.1, 0.15) is 34.6 Å². The molecule has 0 radical (unpaired) electrons. The summed E-state index contributed by atoms with van der Waals surface area (Å²) < 4.78 is 27.4. The van der Waals surface area contributed by atoms with E-state index >= 15 is 0 Å². The number of β-amino-alcohol motifs (C(OH)–C–C–N with tert-alkyl or cyclic N) is 1. The Balaban J connectivity index is 1.66.